The molecule has 6 heteroatoms. The molecule has 5 rings (SSSR count). The van der Waals surface area contributed by atoms with E-state index in [9.17, 15) is 19.1 Å². The number of cyclic esters (lactones) is 1. The number of nitrogens with zero attached hydrogens (tertiary/aromatic N) is 1. The summed E-state index contributed by atoms with van der Waals surface area (Å²) in [6.45, 7) is 0.142. The molecule has 5 nitrogen and oxygen atoms in total. The van der Waals surface area contributed by atoms with Crippen LogP contribution in [0.1, 0.15) is 22.6 Å². The lowest BCUT2D eigenvalue weighted by Gasteiger charge is -2.28. The van der Waals surface area contributed by atoms with E-state index in [0.717, 1.165) is 22.3 Å². The van der Waals surface area contributed by atoms with E-state index in [1.807, 2.05) is 36.4 Å². The van der Waals surface area contributed by atoms with Gasteiger partial charge in [-0.3, -0.25) is 4.90 Å². The Balaban J connectivity index is 1.64. The van der Waals surface area contributed by atoms with Crippen molar-refractivity contribution in [1.29, 1.82) is 0 Å². The van der Waals surface area contributed by atoms with Crippen LogP contribution in [-0.2, 0) is 16.0 Å². The Labute approximate surface area is 172 Å². The summed E-state index contributed by atoms with van der Waals surface area (Å²) in [6, 6.07) is 18.0. The second-order valence-electron chi connectivity index (χ2n) is 7.51. The molecule has 3 aromatic carbocycles. The smallest absolute Gasteiger partial charge is 0.415 e. The molecule has 1 aliphatic carbocycles. The molecule has 0 saturated heterocycles. The Morgan fingerprint density at radius 2 is 1.87 bits per heavy atom. The van der Waals surface area contributed by atoms with E-state index in [1.54, 1.807) is 12.1 Å². The van der Waals surface area contributed by atoms with Crippen molar-refractivity contribution >= 4 is 17.7 Å². The summed E-state index contributed by atoms with van der Waals surface area (Å²) in [5, 5.41) is 9.97. The van der Waals surface area contributed by atoms with Gasteiger partial charge < -0.3 is 9.84 Å². The average molecular weight is 403 g/mol. The van der Waals surface area contributed by atoms with Crippen LogP contribution in [0, 0.1) is 5.82 Å². The monoisotopic (exact) mass is 403 g/mol. The summed E-state index contributed by atoms with van der Waals surface area (Å²) in [5.74, 6) is -1.78. The zero-order valence-electron chi connectivity index (χ0n) is 15.9. The van der Waals surface area contributed by atoms with E-state index in [2.05, 4.69) is 0 Å². The number of anilines is 1. The van der Waals surface area contributed by atoms with Crippen LogP contribution in [-0.4, -0.2) is 29.8 Å². The van der Waals surface area contributed by atoms with E-state index in [1.165, 1.54) is 23.1 Å². The number of hydrogen-bond donors (Lipinski definition) is 1. The lowest BCUT2D eigenvalue weighted by molar-refractivity contribution is -0.138. The second-order valence-corrected chi connectivity index (χ2v) is 7.51. The molecular weight excluding hydrogens is 385 g/mol. The highest BCUT2D eigenvalue weighted by molar-refractivity contribution is 5.99. The maximum Gasteiger partial charge on any atom is 0.415 e. The van der Waals surface area contributed by atoms with Crippen LogP contribution in [0.4, 0.5) is 14.9 Å². The van der Waals surface area contributed by atoms with Crippen molar-refractivity contribution in [2.45, 2.75) is 18.4 Å². The highest BCUT2D eigenvalue weighted by Gasteiger charge is 2.41. The Kier molecular flexibility index (Phi) is 4.28. The molecule has 0 spiro atoms. The maximum absolute atomic E-state index is 13.7. The van der Waals surface area contributed by atoms with Crippen molar-refractivity contribution < 1.29 is 23.8 Å². The predicted octanol–water partition coefficient (Wildman–Crippen LogP) is 4.59. The molecule has 0 bridgehead atoms. The van der Waals surface area contributed by atoms with Gasteiger partial charge in [-0.1, -0.05) is 48.5 Å². The quantitative estimate of drug-likeness (QED) is 0.692. The van der Waals surface area contributed by atoms with Crippen LogP contribution < -0.4 is 4.90 Å². The van der Waals surface area contributed by atoms with Crippen LogP contribution in [0.3, 0.4) is 0 Å². The number of fused-ring (bicyclic) bond motifs is 3. The molecule has 0 aromatic heterocycles. The van der Waals surface area contributed by atoms with Crippen molar-refractivity contribution in [3.05, 3.63) is 89.2 Å². The topological polar surface area (TPSA) is 66.8 Å². The van der Waals surface area contributed by atoms with E-state index in [0.29, 0.717) is 11.3 Å². The van der Waals surface area contributed by atoms with Gasteiger partial charge in [-0.2, -0.15) is 0 Å². The first-order valence-electron chi connectivity index (χ1n) is 9.70. The molecule has 1 amide bonds. The lowest BCUT2D eigenvalue weighted by atomic mass is 9.95. The summed E-state index contributed by atoms with van der Waals surface area (Å²) >= 11 is 0. The molecular formula is C24H18FNO4. The van der Waals surface area contributed by atoms with Gasteiger partial charge in [0.1, 0.15) is 18.5 Å². The molecule has 1 heterocycles. The Hall–Kier alpha value is -3.67. The fourth-order valence-corrected chi connectivity index (χ4v) is 4.53. The van der Waals surface area contributed by atoms with Gasteiger partial charge in [0.25, 0.3) is 0 Å². The van der Waals surface area contributed by atoms with E-state index in [-0.39, 0.29) is 18.9 Å². The van der Waals surface area contributed by atoms with Crippen LogP contribution in [0.5, 0.6) is 0 Å². The third-order valence-corrected chi connectivity index (χ3v) is 5.80. The molecule has 1 aliphatic heterocycles. The Morgan fingerprint density at radius 3 is 2.67 bits per heavy atom. The van der Waals surface area contributed by atoms with Gasteiger partial charge in [0.15, 0.2) is 0 Å². The summed E-state index contributed by atoms with van der Waals surface area (Å²) in [6.07, 6.45) is -0.747. The number of carboxylic acids is 1. The zero-order chi connectivity index (χ0) is 20.8. The van der Waals surface area contributed by atoms with Crippen LogP contribution in [0.15, 0.2) is 66.7 Å². The van der Waals surface area contributed by atoms with Crippen LogP contribution in [0.2, 0.25) is 0 Å². The first kappa shape index (κ1) is 18.4. The standard InChI is InChI=1S/C24H18FNO4/c25-15-6-3-5-14(11-15)12-21(23(27)28)26-20-10-4-9-18-16-7-1-2-8-17(16)19(22(18)20)13-30-24(26)29/h1-11,19,21H,12-13H2,(H,27,28)/t19?,21-/m0/s1. The first-order chi connectivity index (χ1) is 14.5. The van der Waals surface area contributed by atoms with Gasteiger partial charge in [-0.05, 0) is 46.0 Å². The van der Waals surface area contributed by atoms with E-state index in [4.69, 9.17) is 4.74 Å². The molecule has 30 heavy (non-hydrogen) atoms. The lowest BCUT2D eigenvalue weighted by Crippen LogP contribution is -2.46. The minimum absolute atomic E-state index is 0.0382. The number of benzene rings is 3. The average Bonchev–Trinajstić information content (AvgIpc) is 2.97. The number of ether oxygens (including phenoxy) is 1. The minimum Gasteiger partial charge on any atom is -0.480 e. The van der Waals surface area contributed by atoms with E-state index >= 15 is 0 Å². The van der Waals surface area contributed by atoms with Gasteiger partial charge in [0.05, 0.1) is 5.69 Å². The SMILES string of the molecule is O=C(O)[C@H](Cc1cccc(F)c1)N1C(=O)OCC2c3ccccc3-c3cccc1c32. The third kappa shape index (κ3) is 2.84. The summed E-state index contributed by atoms with van der Waals surface area (Å²) in [5.41, 5.74) is 5.02. The normalized spacial score (nSPS) is 17.6. The summed E-state index contributed by atoms with van der Waals surface area (Å²) in [4.78, 5) is 26.4. The number of halogens is 1. The Morgan fingerprint density at radius 1 is 1.10 bits per heavy atom. The molecule has 150 valence electrons. The highest BCUT2D eigenvalue weighted by Crippen LogP contribution is 2.50. The predicted molar refractivity (Wildman–Crippen MR) is 109 cm³/mol. The summed E-state index contributed by atoms with van der Waals surface area (Å²) in [7, 11) is 0. The van der Waals surface area contributed by atoms with Crippen LogP contribution >= 0.6 is 0 Å². The number of carboxylic acid groups (broad SMARTS) is 1. The number of rotatable bonds is 4. The van der Waals surface area contributed by atoms with Gasteiger partial charge in [0.2, 0.25) is 0 Å². The van der Waals surface area contributed by atoms with Crippen molar-refractivity contribution in [2.24, 2.45) is 0 Å². The van der Waals surface area contributed by atoms with Crippen molar-refractivity contribution in [3.8, 4) is 11.1 Å². The molecule has 0 saturated carbocycles. The van der Waals surface area contributed by atoms with Gasteiger partial charge in [-0.25, -0.2) is 14.0 Å². The minimum atomic E-state index is -1.23. The molecule has 3 aromatic rings. The fraction of sp³-hybridized carbons (Fsp3) is 0.167. The fourth-order valence-electron chi connectivity index (χ4n) is 4.53. The summed E-state index contributed by atoms with van der Waals surface area (Å²) < 4.78 is 19.2. The maximum atomic E-state index is 13.7. The van der Waals surface area contributed by atoms with Gasteiger partial charge in [-0.15, -0.1) is 0 Å². The molecule has 1 unspecified atom stereocenters. The highest BCUT2D eigenvalue weighted by atomic mass is 19.1. The number of aliphatic carboxylic acids is 1. The van der Waals surface area contributed by atoms with Crippen LogP contribution in [0.25, 0.3) is 11.1 Å². The van der Waals surface area contributed by atoms with Crippen molar-refractivity contribution in [2.75, 3.05) is 11.5 Å². The molecule has 0 fully saturated rings. The second kappa shape index (κ2) is 6.99. The number of carbonyl (C=O) groups excluding carboxylic acids is 1. The number of carbonyl (C=O) groups is 2. The van der Waals surface area contributed by atoms with Crippen molar-refractivity contribution in [3.63, 3.8) is 0 Å². The Bertz CT molecular complexity index is 1180. The van der Waals surface area contributed by atoms with Crippen molar-refractivity contribution in [1.82, 2.24) is 0 Å². The first-order valence-corrected chi connectivity index (χ1v) is 9.70. The number of amides is 1. The van der Waals surface area contributed by atoms with Gasteiger partial charge >= 0.3 is 12.1 Å². The molecule has 1 N–H and O–H groups in total. The number of hydrogen-bond acceptors (Lipinski definition) is 3. The largest absolute Gasteiger partial charge is 0.480 e. The molecule has 2 aliphatic rings. The third-order valence-electron chi connectivity index (χ3n) is 5.80. The molecule has 0 radical (unpaired) electrons. The van der Waals surface area contributed by atoms with Gasteiger partial charge in [0, 0.05) is 12.3 Å². The molecule has 2 atom stereocenters. The zero-order valence-corrected chi connectivity index (χ0v) is 15.9. The van der Waals surface area contributed by atoms with E-state index < -0.39 is 23.9 Å².